The second-order valence-corrected chi connectivity index (χ2v) is 22.3. The molecule has 0 fully saturated rings. The lowest BCUT2D eigenvalue weighted by atomic mass is 9.67. The van der Waals surface area contributed by atoms with Gasteiger partial charge < -0.3 is 10.0 Å². The minimum Gasteiger partial charge on any atom is -0.423 e. The zero-order valence-corrected chi connectivity index (χ0v) is 43.8. The summed E-state index contributed by atoms with van der Waals surface area (Å²) in [6, 6.07) is 79.2. The summed E-state index contributed by atoms with van der Waals surface area (Å²) in [5.41, 5.74) is 18.4. The molecule has 2 aliphatic heterocycles. The molecule has 2 heterocycles. The first kappa shape index (κ1) is 47.9. The molecular formula is C64H38BBrCl2N2O2S2. The first-order chi connectivity index (χ1) is 36.1. The van der Waals surface area contributed by atoms with E-state index in [2.05, 4.69) is 180 Å². The van der Waals surface area contributed by atoms with Crippen molar-refractivity contribution in [3.8, 4) is 45.5 Å². The zero-order valence-electron chi connectivity index (χ0n) is 39.1. The minimum absolute atomic E-state index is 0.349. The Morgan fingerprint density at radius 2 is 0.743 bits per heavy atom. The van der Waals surface area contributed by atoms with E-state index in [0.717, 1.165) is 25.6 Å². The minimum atomic E-state index is -1.46. The maximum atomic E-state index is 9.24. The monoisotopic (exact) mass is 1090 g/mol. The molecule has 14 rings (SSSR count). The number of rotatable bonds is 2. The maximum absolute atomic E-state index is 9.24. The van der Waals surface area contributed by atoms with Crippen LogP contribution in [0, 0.1) is 22.7 Å². The van der Waals surface area contributed by atoms with Crippen LogP contribution >= 0.6 is 62.7 Å². The highest BCUT2D eigenvalue weighted by Gasteiger charge is 2.52. The van der Waals surface area contributed by atoms with E-state index >= 15 is 0 Å². The van der Waals surface area contributed by atoms with Gasteiger partial charge in [-0.25, -0.2) is 0 Å². The van der Waals surface area contributed by atoms with Gasteiger partial charge in [0.25, 0.3) is 0 Å². The summed E-state index contributed by atoms with van der Waals surface area (Å²) in [6.45, 7) is 0. The zero-order chi connectivity index (χ0) is 50.7. The predicted molar refractivity (Wildman–Crippen MR) is 305 cm³/mol. The Balaban J connectivity index is 0.000000127. The quantitative estimate of drug-likeness (QED) is 0.168. The molecule has 0 bridgehead atoms. The highest BCUT2D eigenvalue weighted by Crippen LogP contribution is 2.64. The number of benzene rings is 10. The van der Waals surface area contributed by atoms with Gasteiger partial charge in [-0.05, 0) is 174 Å². The number of halogens is 3. The van der Waals surface area contributed by atoms with Crippen molar-refractivity contribution in [2.24, 2.45) is 0 Å². The van der Waals surface area contributed by atoms with Crippen LogP contribution in [0.1, 0.15) is 55.6 Å². The first-order valence-corrected chi connectivity index (χ1v) is 27.0. The van der Waals surface area contributed by atoms with Gasteiger partial charge in [0.15, 0.2) is 0 Å². The SMILES string of the molecule is Clc1ccc2c(c1)C1(c3ccccc3Sc3ccccc31)c1cc(Br)ccc1-2.N#Cc1ccc(-c2ccc3c(c2)C2(c4ccccc4Sc4ccccc42)c2cc(Cl)ccc2-3)cc1.N#Cc1ccc(B(O)O)cc1. The van der Waals surface area contributed by atoms with Crippen molar-refractivity contribution in [3.05, 3.63) is 289 Å². The Morgan fingerprint density at radius 1 is 0.392 bits per heavy atom. The molecule has 0 amide bonds. The Kier molecular flexibility index (Phi) is 12.5. The Morgan fingerprint density at radius 3 is 1.16 bits per heavy atom. The fourth-order valence-corrected chi connectivity index (χ4v) is 14.5. The second kappa shape index (κ2) is 19.3. The van der Waals surface area contributed by atoms with Crippen LogP contribution in [0.5, 0.6) is 0 Å². The Bertz CT molecular complexity index is 3840. The third kappa shape index (κ3) is 7.76. The van der Waals surface area contributed by atoms with Crippen molar-refractivity contribution in [2.45, 2.75) is 30.4 Å². The molecular weight excluding hydrogens is 1050 g/mol. The lowest BCUT2D eigenvalue weighted by Gasteiger charge is -2.39. The van der Waals surface area contributed by atoms with Gasteiger partial charge in [0.2, 0.25) is 0 Å². The van der Waals surface area contributed by atoms with E-state index in [-0.39, 0.29) is 5.41 Å². The van der Waals surface area contributed by atoms with Crippen LogP contribution < -0.4 is 5.46 Å². The molecule has 74 heavy (non-hydrogen) atoms. The summed E-state index contributed by atoms with van der Waals surface area (Å²) >= 11 is 20.6. The fraction of sp³-hybridized carbons (Fsp3) is 0.0312. The van der Waals surface area contributed by atoms with Crippen molar-refractivity contribution < 1.29 is 10.0 Å². The largest absolute Gasteiger partial charge is 0.488 e. The summed E-state index contributed by atoms with van der Waals surface area (Å²) in [6.07, 6.45) is 0. The summed E-state index contributed by atoms with van der Waals surface area (Å²) in [4.78, 5) is 5.16. The van der Waals surface area contributed by atoms with Crippen molar-refractivity contribution in [2.75, 3.05) is 0 Å². The van der Waals surface area contributed by atoms with Crippen molar-refractivity contribution >= 4 is 75.2 Å². The average Bonchev–Trinajstić information content (AvgIpc) is 3.87. The van der Waals surface area contributed by atoms with Gasteiger partial charge in [-0.2, -0.15) is 10.5 Å². The van der Waals surface area contributed by atoms with E-state index in [1.54, 1.807) is 0 Å². The summed E-state index contributed by atoms with van der Waals surface area (Å²) < 4.78 is 1.10. The number of nitrogens with zero attached hydrogens (tertiary/aromatic N) is 2. The molecule has 10 heteroatoms. The Labute approximate surface area is 456 Å². The van der Waals surface area contributed by atoms with Gasteiger partial charge in [0, 0.05) is 34.1 Å². The molecule has 0 unspecified atom stereocenters. The molecule has 0 aromatic heterocycles. The summed E-state index contributed by atoms with van der Waals surface area (Å²) in [5, 5.41) is 36.5. The van der Waals surface area contributed by atoms with Gasteiger partial charge in [-0.3, -0.25) is 0 Å². The molecule has 2 spiro atoms. The van der Waals surface area contributed by atoms with E-state index in [4.69, 9.17) is 38.5 Å². The molecule has 0 radical (unpaired) electrons. The highest BCUT2D eigenvalue weighted by atomic mass is 79.9. The highest BCUT2D eigenvalue weighted by molar-refractivity contribution is 9.10. The Hall–Kier alpha value is -7.08. The number of nitriles is 2. The van der Waals surface area contributed by atoms with Gasteiger partial charge in [0.1, 0.15) is 0 Å². The number of hydrogen-bond acceptors (Lipinski definition) is 6. The van der Waals surface area contributed by atoms with E-state index in [9.17, 15) is 5.26 Å². The van der Waals surface area contributed by atoms with E-state index in [0.29, 0.717) is 16.6 Å². The second-order valence-electron chi connectivity index (χ2n) is 18.3. The first-order valence-electron chi connectivity index (χ1n) is 23.8. The van der Waals surface area contributed by atoms with Gasteiger partial charge in [-0.15, -0.1) is 0 Å². The van der Waals surface area contributed by atoms with Gasteiger partial charge in [-0.1, -0.05) is 190 Å². The van der Waals surface area contributed by atoms with Crippen LogP contribution in [-0.2, 0) is 10.8 Å². The van der Waals surface area contributed by atoms with E-state index in [1.165, 1.54) is 111 Å². The smallest absolute Gasteiger partial charge is 0.423 e. The molecule has 2 aliphatic carbocycles. The van der Waals surface area contributed by atoms with Gasteiger partial charge >= 0.3 is 7.12 Å². The van der Waals surface area contributed by atoms with Crippen LogP contribution in [-0.4, -0.2) is 17.2 Å². The fourth-order valence-electron chi connectivity index (χ4n) is 11.4. The molecule has 10 aromatic rings. The molecule has 0 saturated carbocycles. The lowest BCUT2D eigenvalue weighted by Crippen LogP contribution is -2.32. The molecule has 0 saturated heterocycles. The van der Waals surface area contributed by atoms with Crippen molar-refractivity contribution in [1.29, 1.82) is 10.5 Å². The van der Waals surface area contributed by atoms with Crippen molar-refractivity contribution in [3.63, 3.8) is 0 Å². The molecule has 4 nitrogen and oxygen atoms in total. The molecule has 352 valence electrons. The van der Waals surface area contributed by atoms with Crippen LogP contribution in [0.2, 0.25) is 10.0 Å². The summed E-state index contributed by atoms with van der Waals surface area (Å²) in [7, 11) is -1.46. The standard InChI is InChI=1S/C32H18ClNS.C25H14BrClS.C7H6BNO2/c33-23-14-16-25-24-15-13-22(21-11-9-20(19-34)10-12-21)17-28(24)32(29(25)18-23)26-5-1-3-7-30(26)35-31-8-4-2-6-27(31)32;26-15-9-11-17-18-12-10-16(27)14-22(18)25(21(17)13-15)19-5-1-3-7-23(19)28-24-8-4-2-6-20(24)25;9-5-6-1-3-7(4-2-6)8(10)11/h1-18H;1-14H;1-4,10-11H. The maximum Gasteiger partial charge on any atom is 0.488 e. The third-order valence-corrected chi connectivity index (χ3v) is 17.7. The molecule has 4 aliphatic rings. The molecule has 0 atom stereocenters. The third-order valence-electron chi connectivity index (χ3n) is 14.5. The lowest BCUT2D eigenvalue weighted by molar-refractivity contribution is 0.426. The van der Waals surface area contributed by atoms with Crippen LogP contribution in [0.3, 0.4) is 0 Å². The topological polar surface area (TPSA) is 88.0 Å². The van der Waals surface area contributed by atoms with Crippen LogP contribution in [0.15, 0.2) is 242 Å². The number of hydrogen-bond donors (Lipinski definition) is 2. The predicted octanol–water partition coefficient (Wildman–Crippen LogP) is 15.9. The molecule has 2 N–H and O–H groups in total. The normalized spacial score (nSPS) is 13.6. The average molecular weight is 1090 g/mol. The van der Waals surface area contributed by atoms with Crippen LogP contribution in [0.25, 0.3) is 33.4 Å². The molecule has 10 aromatic carbocycles. The van der Waals surface area contributed by atoms with E-state index < -0.39 is 12.5 Å². The van der Waals surface area contributed by atoms with Crippen LogP contribution in [0.4, 0.5) is 0 Å². The number of fused-ring (bicyclic) bond motifs is 18. The van der Waals surface area contributed by atoms with Crippen molar-refractivity contribution in [1.82, 2.24) is 0 Å². The van der Waals surface area contributed by atoms with E-state index in [1.807, 2.05) is 66.0 Å². The van der Waals surface area contributed by atoms with Gasteiger partial charge in [0.05, 0.1) is 34.1 Å². The summed E-state index contributed by atoms with van der Waals surface area (Å²) in [5.74, 6) is 0.